The minimum atomic E-state index is -0.935. The number of rotatable bonds is 5. The summed E-state index contributed by atoms with van der Waals surface area (Å²) in [6.07, 6.45) is 5.40. The van der Waals surface area contributed by atoms with E-state index in [2.05, 4.69) is 29.2 Å². The molecule has 3 aromatic carbocycles. The van der Waals surface area contributed by atoms with E-state index in [1.807, 2.05) is 36.2 Å². The van der Waals surface area contributed by atoms with Crippen LogP contribution >= 0.6 is 0 Å². The smallest absolute Gasteiger partial charge is 0.227 e. The molecule has 2 bridgehead atoms. The number of piperidine rings is 1. The summed E-state index contributed by atoms with van der Waals surface area (Å²) in [5.74, 6) is 1.49. The molecule has 39 heavy (non-hydrogen) atoms. The molecule has 6 nitrogen and oxygen atoms in total. The van der Waals surface area contributed by atoms with Gasteiger partial charge in [0.25, 0.3) is 0 Å². The number of ether oxygens (including phenoxy) is 1. The standard InChI is InChI=1S/C33H36N2O4/c1-34(28(37)17-21-8-9-22-4-2-3-5-23(22)16-21)25-12-13-33(38)27-18-24-10-11-26(36)30-29(24)32(33,31(25)39-30)14-15-35(27)19-20-6-7-20/h2-5,8-11,16,20,25,27,31,36,38H,6-7,12-15,17-19H2,1H3/t25-,27+,31-,32-,33+/m0/s1. The number of hydrogen-bond acceptors (Lipinski definition) is 5. The highest BCUT2D eigenvalue weighted by Gasteiger charge is 2.73. The first-order valence-corrected chi connectivity index (χ1v) is 14.6. The first-order valence-electron chi connectivity index (χ1n) is 14.6. The monoisotopic (exact) mass is 524 g/mol. The van der Waals surface area contributed by atoms with Crippen molar-refractivity contribution in [1.29, 1.82) is 0 Å². The van der Waals surface area contributed by atoms with Gasteiger partial charge in [-0.1, -0.05) is 48.5 Å². The number of aliphatic hydroxyl groups is 1. The number of hydrogen-bond donors (Lipinski definition) is 2. The Kier molecular flexibility index (Phi) is 5.01. The van der Waals surface area contributed by atoms with Gasteiger partial charge in [-0.25, -0.2) is 0 Å². The number of likely N-dealkylation sites (N-methyl/N-ethyl adjacent to an activating group) is 1. The molecule has 1 saturated heterocycles. The zero-order valence-electron chi connectivity index (χ0n) is 22.5. The quantitative estimate of drug-likeness (QED) is 0.524. The summed E-state index contributed by atoms with van der Waals surface area (Å²) in [7, 11) is 1.89. The van der Waals surface area contributed by atoms with E-state index < -0.39 is 11.0 Å². The molecule has 202 valence electrons. The summed E-state index contributed by atoms with van der Waals surface area (Å²) in [5, 5.41) is 25.9. The molecular weight excluding hydrogens is 488 g/mol. The second kappa shape index (κ2) is 8.21. The average molecular weight is 525 g/mol. The van der Waals surface area contributed by atoms with Crippen molar-refractivity contribution in [3.63, 3.8) is 0 Å². The first kappa shape index (κ1) is 23.8. The molecule has 3 aromatic rings. The van der Waals surface area contributed by atoms with Crippen LogP contribution in [0.15, 0.2) is 54.6 Å². The third kappa shape index (κ3) is 3.25. The normalized spacial score (nSPS) is 32.5. The van der Waals surface area contributed by atoms with Crippen LogP contribution in [0.4, 0.5) is 0 Å². The number of amides is 1. The van der Waals surface area contributed by atoms with Gasteiger partial charge >= 0.3 is 0 Å². The van der Waals surface area contributed by atoms with E-state index in [1.165, 1.54) is 23.8 Å². The molecule has 3 aliphatic carbocycles. The Morgan fingerprint density at radius 3 is 2.72 bits per heavy atom. The van der Waals surface area contributed by atoms with Crippen molar-refractivity contribution in [2.24, 2.45) is 5.92 Å². The predicted octanol–water partition coefficient (Wildman–Crippen LogP) is 4.18. The molecule has 6 heteroatoms. The zero-order chi connectivity index (χ0) is 26.5. The van der Waals surface area contributed by atoms with Crippen LogP contribution in [0.3, 0.4) is 0 Å². The molecule has 0 radical (unpaired) electrons. The third-order valence-electron chi connectivity index (χ3n) is 10.8. The Bertz CT molecular complexity index is 1500. The minimum absolute atomic E-state index is 0.0421. The maximum Gasteiger partial charge on any atom is 0.227 e. The van der Waals surface area contributed by atoms with E-state index >= 15 is 0 Å². The average Bonchev–Trinajstić information content (AvgIpc) is 3.68. The molecule has 5 aliphatic rings. The fourth-order valence-corrected chi connectivity index (χ4v) is 8.68. The molecular formula is C33H36N2O4. The van der Waals surface area contributed by atoms with Crippen LogP contribution in [0.5, 0.6) is 11.5 Å². The van der Waals surface area contributed by atoms with Crippen LogP contribution in [0.25, 0.3) is 10.8 Å². The Morgan fingerprint density at radius 2 is 1.90 bits per heavy atom. The minimum Gasteiger partial charge on any atom is -0.504 e. The van der Waals surface area contributed by atoms with E-state index in [9.17, 15) is 15.0 Å². The van der Waals surface area contributed by atoms with Gasteiger partial charge in [0.05, 0.1) is 23.5 Å². The number of phenolic OH excluding ortho intramolecular Hbond substituents is 1. The number of aromatic hydroxyl groups is 1. The molecule has 2 heterocycles. The molecule has 2 saturated carbocycles. The third-order valence-corrected chi connectivity index (χ3v) is 10.8. The van der Waals surface area contributed by atoms with Crippen LogP contribution < -0.4 is 4.74 Å². The van der Waals surface area contributed by atoms with Crippen LogP contribution in [0.2, 0.25) is 0 Å². The van der Waals surface area contributed by atoms with Crippen molar-refractivity contribution >= 4 is 16.7 Å². The van der Waals surface area contributed by atoms with E-state index in [-0.39, 0.29) is 29.8 Å². The van der Waals surface area contributed by atoms with E-state index in [1.54, 1.807) is 6.07 Å². The molecule has 2 aliphatic heterocycles. The number of nitrogens with zero attached hydrogens (tertiary/aromatic N) is 2. The highest BCUT2D eigenvalue weighted by atomic mass is 16.5. The van der Waals surface area contributed by atoms with Crippen molar-refractivity contribution in [1.82, 2.24) is 9.80 Å². The lowest BCUT2D eigenvalue weighted by molar-refractivity contribution is -0.200. The maximum atomic E-state index is 13.7. The van der Waals surface area contributed by atoms with Crippen LogP contribution in [-0.4, -0.2) is 69.8 Å². The Morgan fingerprint density at radius 1 is 1.08 bits per heavy atom. The highest BCUT2D eigenvalue weighted by molar-refractivity contribution is 5.85. The molecule has 1 spiro atoms. The summed E-state index contributed by atoms with van der Waals surface area (Å²) < 4.78 is 6.67. The molecule has 0 unspecified atom stereocenters. The van der Waals surface area contributed by atoms with Gasteiger partial charge in [0.2, 0.25) is 5.91 Å². The summed E-state index contributed by atoms with van der Waals surface area (Å²) in [5.41, 5.74) is 1.65. The van der Waals surface area contributed by atoms with Crippen LogP contribution in [0, 0.1) is 5.92 Å². The number of likely N-dealkylation sites (tertiary alicyclic amines) is 1. The first-order chi connectivity index (χ1) is 18.9. The fourth-order valence-electron chi connectivity index (χ4n) is 8.68. The predicted molar refractivity (Wildman–Crippen MR) is 149 cm³/mol. The van der Waals surface area contributed by atoms with Crippen molar-refractivity contribution in [3.8, 4) is 11.5 Å². The van der Waals surface area contributed by atoms with E-state index in [0.29, 0.717) is 25.0 Å². The lowest BCUT2D eigenvalue weighted by atomic mass is 9.48. The van der Waals surface area contributed by atoms with Gasteiger partial charge in [-0.15, -0.1) is 0 Å². The summed E-state index contributed by atoms with van der Waals surface area (Å²) in [6, 6.07) is 18.1. The van der Waals surface area contributed by atoms with Gasteiger partial charge in [-0.3, -0.25) is 9.69 Å². The van der Waals surface area contributed by atoms with E-state index in [4.69, 9.17) is 4.74 Å². The van der Waals surface area contributed by atoms with E-state index in [0.717, 1.165) is 48.4 Å². The van der Waals surface area contributed by atoms with Crippen molar-refractivity contribution in [2.75, 3.05) is 20.1 Å². The summed E-state index contributed by atoms with van der Waals surface area (Å²) >= 11 is 0. The van der Waals surface area contributed by atoms with Gasteiger partial charge in [-0.05, 0) is 79.0 Å². The highest BCUT2D eigenvalue weighted by Crippen LogP contribution is 2.66. The number of phenols is 1. The lowest BCUT2D eigenvalue weighted by Gasteiger charge is -2.64. The molecule has 5 atom stereocenters. The SMILES string of the molecule is CN(C(=O)Cc1ccc2ccccc2c1)[C@H]1CC[C@@]2(O)[C@H]3Cc4ccc(O)c5c4[C@@]2(CCN3CC2CC2)[C@H]1O5. The largest absolute Gasteiger partial charge is 0.504 e. The van der Waals surface area contributed by atoms with Gasteiger partial charge in [-0.2, -0.15) is 0 Å². The Labute approximate surface area is 229 Å². The van der Waals surface area contributed by atoms with Crippen LogP contribution in [-0.2, 0) is 23.1 Å². The Hall–Kier alpha value is -3.09. The lowest BCUT2D eigenvalue weighted by Crippen LogP contribution is -2.78. The van der Waals surface area contributed by atoms with Crippen molar-refractivity contribution in [3.05, 3.63) is 71.3 Å². The Balaban J connectivity index is 1.14. The fraction of sp³-hybridized carbons (Fsp3) is 0.485. The van der Waals surface area contributed by atoms with Gasteiger partial charge in [0, 0.05) is 25.2 Å². The molecule has 0 aromatic heterocycles. The summed E-state index contributed by atoms with van der Waals surface area (Å²) in [6.45, 7) is 1.97. The molecule has 3 fully saturated rings. The number of fused-ring (bicyclic) bond motifs is 1. The number of carbonyl (C=O) groups excluding carboxylic acids is 1. The topological polar surface area (TPSA) is 73.2 Å². The van der Waals surface area contributed by atoms with Gasteiger partial charge in [0.15, 0.2) is 11.5 Å². The molecule has 2 N–H and O–H groups in total. The zero-order valence-corrected chi connectivity index (χ0v) is 22.5. The van der Waals surface area contributed by atoms with Gasteiger partial charge in [0.1, 0.15) is 6.10 Å². The molecule has 1 amide bonds. The van der Waals surface area contributed by atoms with Crippen LogP contribution in [0.1, 0.15) is 48.8 Å². The summed E-state index contributed by atoms with van der Waals surface area (Å²) in [4.78, 5) is 18.1. The molecule has 8 rings (SSSR count). The van der Waals surface area contributed by atoms with Gasteiger partial charge < -0.3 is 19.8 Å². The maximum absolute atomic E-state index is 13.7. The number of carbonyl (C=O) groups is 1. The van der Waals surface area contributed by atoms with Crippen molar-refractivity contribution in [2.45, 2.75) is 74.1 Å². The number of benzene rings is 3. The second-order valence-electron chi connectivity index (χ2n) is 12.8. The van der Waals surface area contributed by atoms with Crippen molar-refractivity contribution < 1.29 is 19.7 Å². The second-order valence-corrected chi connectivity index (χ2v) is 12.8.